The number of hydrogen-bond acceptors (Lipinski definition) is 3. The van der Waals surface area contributed by atoms with Gasteiger partial charge >= 0.3 is 5.97 Å². The Morgan fingerprint density at radius 1 is 1.10 bits per heavy atom. The summed E-state index contributed by atoms with van der Waals surface area (Å²) in [6, 6.07) is 15.1. The normalized spacial score (nSPS) is 14.5. The van der Waals surface area contributed by atoms with Crippen molar-refractivity contribution in [2.24, 2.45) is 0 Å². The molecule has 2 aromatic carbocycles. The van der Waals surface area contributed by atoms with Crippen LogP contribution < -0.4 is 4.74 Å². The summed E-state index contributed by atoms with van der Waals surface area (Å²) >= 11 is 0. The van der Waals surface area contributed by atoms with Gasteiger partial charge in [-0.05, 0) is 29.7 Å². The SMILES string of the molecule is O=C(O)c1ccccc1OCN1CCc2ccccc2C1. The summed E-state index contributed by atoms with van der Waals surface area (Å²) in [5, 5.41) is 9.14. The molecule has 0 bridgehead atoms. The van der Waals surface area contributed by atoms with Gasteiger partial charge in [-0.15, -0.1) is 0 Å². The molecule has 0 saturated heterocycles. The fourth-order valence-electron chi connectivity index (χ4n) is 2.59. The van der Waals surface area contributed by atoms with E-state index in [1.807, 2.05) is 6.07 Å². The molecular weight excluding hydrogens is 266 g/mol. The zero-order valence-corrected chi connectivity index (χ0v) is 11.7. The molecule has 0 aromatic heterocycles. The van der Waals surface area contributed by atoms with Crippen molar-refractivity contribution in [1.82, 2.24) is 4.90 Å². The molecule has 1 heterocycles. The molecule has 108 valence electrons. The van der Waals surface area contributed by atoms with E-state index in [-0.39, 0.29) is 5.56 Å². The van der Waals surface area contributed by atoms with Crippen LogP contribution in [0.5, 0.6) is 5.75 Å². The third kappa shape index (κ3) is 3.06. The van der Waals surface area contributed by atoms with Crippen molar-refractivity contribution < 1.29 is 14.6 Å². The maximum atomic E-state index is 11.1. The van der Waals surface area contributed by atoms with Crippen molar-refractivity contribution in [3.63, 3.8) is 0 Å². The number of carbonyl (C=O) groups is 1. The first kappa shape index (κ1) is 13.6. The maximum Gasteiger partial charge on any atom is 0.339 e. The van der Waals surface area contributed by atoms with Gasteiger partial charge in [0.25, 0.3) is 0 Å². The van der Waals surface area contributed by atoms with Gasteiger partial charge in [-0.1, -0.05) is 36.4 Å². The minimum atomic E-state index is -0.963. The van der Waals surface area contributed by atoms with Crippen LogP contribution in [0.25, 0.3) is 0 Å². The van der Waals surface area contributed by atoms with Crippen LogP contribution in [0.15, 0.2) is 48.5 Å². The summed E-state index contributed by atoms with van der Waals surface area (Å²) < 4.78 is 5.70. The lowest BCUT2D eigenvalue weighted by molar-refractivity contribution is 0.0682. The van der Waals surface area contributed by atoms with Gasteiger partial charge in [0, 0.05) is 13.1 Å². The van der Waals surface area contributed by atoms with Gasteiger partial charge < -0.3 is 9.84 Å². The number of carboxylic acids is 1. The van der Waals surface area contributed by atoms with Gasteiger partial charge in [0.2, 0.25) is 0 Å². The van der Waals surface area contributed by atoms with Gasteiger partial charge in [0.05, 0.1) is 0 Å². The number of fused-ring (bicyclic) bond motifs is 1. The Morgan fingerprint density at radius 2 is 1.81 bits per heavy atom. The van der Waals surface area contributed by atoms with Crippen molar-refractivity contribution in [2.75, 3.05) is 13.3 Å². The fraction of sp³-hybridized carbons (Fsp3) is 0.235. The Morgan fingerprint density at radius 3 is 2.62 bits per heavy atom. The van der Waals surface area contributed by atoms with E-state index in [0.29, 0.717) is 12.5 Å². The Kier molecular flexibility index (Phi) is 3.88. The molecule has 2 aromatic rings. The van der Waals surface area contributed by atoms with Gasteiger partial charge in [-0.25, -0.2) is 4.79 Å². The van der Waals surface area contributed by atoms with Crippen LogP contribution in [0.3, 0.4) is 0 Å². The second kappa shape index (κ2) is 5.97. The van der Waals surface area contributed by atoms with Crippen molar-refractivity contribution >= 4 is 5.97 Å². The molecule has 1 N–H and O–H groups in total. The summed E-state index contributed by atoms with van der Waals surface area (Å²) in [6.07, 6.45) is 1.00. The van der Waals surface area contributed by atoms with E-state index in [1.54, 1.807) is 24.3 Å². The van der Waals surface area contributed by atoms with Crippen LogP contribution in [0.1, 0.15) is 21.5 Å². The van der Waals surface area contributed by atoms with E-state index < -0.39 is 5.97 Å². The standard InChI is InChI=1S/C17H17NO3/c19-17(20)15-7-3-4-8-16(15)21-12-18-10-9-13-5-1-2-6-14(13)11-18/h1-8H,9-12H2,(H,19,20). The molecular formula is C17H17NO3. The van der Waals surface area contributed by atoms with E-state index in [4.69, 9.17) is 9.84 Å². The maximum absolute atomic E-state index is 11.1. The molecule has 4 heteroatoms. The van der Waals surface area contributed by atoms with Gasteiger partial charge in [-0.2, -0.15) is 0 Å². The molecule has 4 nitrogen and oxygen atoms in total. The monoisotopic (exact) mass is 283 g/mol. The first-order valence-electron chi connectivity index (χ1n) is 6.98. The number of nitrogens with zero attached hydrogens (tertiary/aromatic N) is 1. The molecule has 0 unspecified atom stereocenters. The highest BCUT2D eigenvalue weighted by Crippen LogP contribution is 2.21. The van der Waals surface area contributed by atoms with E-state index in [0.717, 1.165) is 19.5 Å². The number of hydrogen-bond donors (Lipinski definition) is 1. The average molecular weight is 283 g/mol. The molecule has 21 heavy (non-hydrogen) atoms. The Hall–Kier alpha value is -2.33. The summed E-state index contributed by atoms with van der Waals surface area (Å²) in [5.74, 6) is -0.543. The van der Waals surface area contributed by atoms with Crippen LogP contribution in [-0.2, 0) is 13.0 Å². The smallest absolute Gasteiger partial charge is 0.339 e. The summed E-state index contributed by atoms with van der Waals surface area (Å²) in [4.78, 5) is 13.3. The third-order valence-electron chi connectivity index (χ3n) is 3.73. The lowest BCUT2D eigenvalue weighted by Crippen LogP contribution is -2.33. The predicted molar refractivity (Wildman–Crippen MR) is 79.5 cm³/mol. The quantitative estimate of drug-likeness (QED) is 0.937. The topological polar surface area (TPSA) is 49.8 Å². The predicted octanol–water partition coefficient (Wildman–Crippen LogP) is 2.78. The molecule has 0 atom stereocenters. The second-order valence-electron chi connectivity index (χ2n) is 5.15. The Labute approximate surface area is 123 Å². The van der Waals surface area contributed by atoms with E-state index in [9.17, 15) is 4.79 Å². The minimum Gasteiger partial charge on any atom is -0.478 e. The number of aromatic carboxylic acids is 1. The number of ether oxygens (including phenoxy) is 1. The molecule has 0 radical (unpaired) electrons. The number of benzene rings is 2. The average Bonchev–Trinajstić information content (AvgIpc) is 2.53. The van der Waals surface area contributed by atoms with E-state index in [2.05, 4.69) is 23.1 Å². The van der Waals surface area contributed by atoms with E-state index >= 15 is 0 Å². The molecule has 0 fully saturated rings. The number of rotatable bonds is 4. The van der Waals surface area contributed by atoms with Crippen molar-refractivity contribution in [2.45, 2.75) is 13.0 Å². The van der Waals surface area contributed by atoms with Crippen molar-refractivity contribution in [3.8, 4) is 5.75 Å². The van der Waals surface area contributed by atoms with Gasteiger partial charge in [-0.3, -0.25) is 4.90 Å². The van der Waals surface area contributed by atoms with E-state index in [1.165, 1.54) is 11.1 Å². The van der Waals surface area contributed by atoms with Gasteiger partial charge in [0.1, 0.15) is 18.0 Å². The van der Waals surface area contributed by atoms with Crippen LogP contribution in [0.2, 0.25) is 0 Å². The summed E-state index contributed by atoms with van der Waals surface area (Å²) in [5.41, 5.74) is 2.91. The first-order chi connectivity index (χ1) is 10.2. The minimum absolute atomic E-state index is 0.204. The molecule has 0 aliphatic carbocycles. The highest BCUT2D eigenvalue weighted by Gasteiger charge is 2.17. The lowest BCUT2D eigenvalue weighted by Gasteiger charge is -2.28. The molecule has 0 saturated carbocycles. The molecule has 0 amide bonds. The van der Waals surface area contributed by atoms with Crippen LogP contribution in [0, 0.1) is 0 Å². The summed E-state index contributed by atoms with van der Waals surface area (Å²) in [6.45, 7) is 2.16. The van der Waals surface area contributed by atoms with Crippen molar-refractivity contribution in [1.29, 1.82) is 0 Å². The molecule has 1 aliphatic rings. The Bertz CT molecular complexity index is 654. The molecule has 1 aliphatic heterocycles. The highest BCUT2D eigenvalue weighted by molar-refractivity contribution is 5.90. The number of carboxylic acid groups (broad SMARTS) is 1. The summed E-state index contributed by atoms with van der Waals surface area (Å²) in [7, 11) is 0. The third-order valence-corrected chi connectivity index (χ3v) is 3.73. The molecule has 3 rings (SSSR count). The van der Waals surface area contributed by atoms with Gasteiger partial charge in [0.15, 0.2) is 0 Å². The largest absolute Gasteiger partial charge is 0.478 e. The zero-order valence-electron chi connectivity index (χ0n) is 11.7. The lowest BCUT2D eigenvalue weighted by atomic mass is 10.0. The van der Waals surface area contributed by atoms with Crippen LogP contribution >= 0.6 is 0 Å². The van der Waals surface area contributed by atoms with Crippen molar-refractivity contribution in [3.05, 3.63) is 65.2 Å². The number of para-hydroxylation sites is 1. The highest BCUT2D eigenvalue weighted by atomic mass is 16.5. The molecule has 0 spiro atoms. The van der Waals surface area contributed by atoms with Crippen LogP contribution in [0.4, 0.5) is 0 Å². The Balaban J connectivity index is 1.66. The zero-order chi connectivity index (χ0) is 14.7. The fourth-order valence-corrected chi connectivity index (χ4v) is 2.59. The second-order valence-corrected chi connectivity index (χ2v) is 5.15. The van der Waals surface area contributed by atoms with Crippen LogP contribution in [-0.4, -0.2) is 29.3 Å². The first-order valence-corrected chi connectivity index (χ1v) is 6.98.